The number of rotatable bonds is 6. The summed E-state index contributed by atoms with van der Waals surface area (Å²) in [5.41, 5.74) is 6.00. The molecule has 0 bridgehead atoms. The standard InChI is InChI=1S/C18H25N3O4/c19-18(24)20-15(12-14-8-4-3-5-9-14)17(23)25-13-16(22)21-10-6-1-2-7-11-21/h3-5,8-9,15H,1-2,6-7,10-13H2,(H3,19,20,24)/t15-/m0/s1. The van der Waals surface area contributed by atoms with Crippen molar-refractivity contribution in [2.24, 2.45) is 5.73 Å². The van der Waals surface area contributed by atoms with E-state index in [-0.39, 0.29) is 18.9 Å². The molecule has 0 saturated carbocycles. The molecule has 0 aliphatic carbocycles. The lowest BCUT2D eigenvalue weighted by Crippen LogP contribution is -2.46. The first-order valence-electron chi connectivity index (χ1n) is 8.60. The van der Waals surface area contributed by atoms with Gasteiger partial charge >= 0.3 is 12.0 Å². The predicted molar refractivity (Wildman–Crippen MR) is 92.7 cm³/mol. The molecule has 1 atom stereocenters. The van der Waals surface area contributed by atoms with E-state index >= 15 is 0 Å². The molecule has 3 N–H and O–H groups in total. The first-order chi connectivity index (χ1) is 12.1. The third-order valence-corrected chi connectivity index (χ3v) is 4.18. The molecular formula is C18H25N3O4. The molecule has 0 unspecified atom stereocenters. The molecule has 7 heteroatoms. The SMILES string of the molecule is NC(=O)N[C@@H](Cc1ccccc1)C(=O)OCC(=O)N1CCCCCC1. The molecule has 0 spiro atoms. The molecular weight excluding hydrogens is 322 g/mol. The zero-order chi connectivity index (χ0) is 18.1. The van der Waals surface area contributed by atoms with Gasteiger partial charge in [0.15, 0.2) is 6.61 Å². The Balaban J connectivity index is 1.89. The fourth-order valence-electron chi connectivity index (χ4n) is 2.86. The van der Waals surface area contributed by atoms with Gasteiger partial charge in [0.25, 0.3) is 5.91 Å². The van der Waals surface area contributed by atoms with Gasteiger partial charge in [0.1, 0.15) is 6.04 Å². The summed E-state index contributed by atoms with van der Waals surface area (Å²) < 4.78 is 5.13. The van der Waals surface area contributed by atoms with Gasteiger partial charge in [-0.1, -0.05) is 43.2 Å². The second kappa shape index (κ2) is 9.66. The monoisotopic (exact) mass is 347 g/mol. The van der Waals surface area contributed by atoms with Crippen LogP contribution in [0.5, 0.6) is 0 Å². The lowest BCUT2D eigenvalue weighted by molar-refractivity contribution is -0.153. The van der Waals surface area contributed by atoms with E-state index in [9.17, 15) is 14.4 Å². The number of amides is 3. The Morgan fingerprint density at radius 1 is 1.08 bits per heavy atom. The molecule has 1 aliphatic heterocycles. The smallest absolute Gasteiger partial charge is 0.329 e. The van der Waals surface area contributed by atoms with Gasteiger partial charge < -0.3 is 20.7 Å². The minimum atomic E-state index is -0.920. The van der Waals surface area contributed by atoms with Crippen LogP contribution in [0.4, 0.5) is 4.79 Å². The predicted octanol–water partition coefficient (Wildman–Crippen LogP) is 1.21. The Kier molecular flexibility index (Phi) is 7.25. The van der Waals surface area contributed by atoms with Crippen molar-refractivity contribution in [1.82, 2.24) is 10.2 Å². The van der Waals surface area contributed by atoms with Crippen LogP contribution in [0.25, 0.3) is 0 Å². The van der Waals surface area contributed by atoms with Crippen molar-refractivity contribution >= 4 is 17.9 Å². The summed E-state index contributed by atoms with van der Waals surface area (Å²) in [6, 6.07) is 7.48. The van der Waals surface area contributed by atoms with E-state index in [0.29, 0.717) is 13.1 Å². The van der Waals surface area contributed by atoms with Crippen LogP contribution in [0.2, 0.25) is 0 Å². The van der Waals surface area contributed by atoms with E-state index in [1.165, 1.54) is 0 Å². The number of esters is 1. The molecule has 136 valence electrons. The Hall–Kier alpha value is -2.57. The van der Waals surface area contributed by atoms with Crippen LogP contribution in [0.3, 0.4) is 0 Å². The molecule has 0 aromatic heterocycles. The number of carbonyl (C=O) groups is 3. The minimum absolute atomic E-state index is 0.201. The van der Waals surface area contributed by atoms with Crippen LogP contribution in [0.1, 0.15) is 31.2 Å². The topological polar surface area (TPSA) is 102 Å². The highest BCUT2D eigenvalue weighted by molar-refractivity contribution is 5.85. The van der Waals surface area contributed by atoms with Gasteiger partial charge in [-0.15, -0.1) is 0 Å². The van der Waals surface area contributed by atoms with Gasteiger partial charge in [0.2, 0.25) is 0 Å². The highest BCUT2D eigenvalue weighted by Gasteiger charge is 2.24. The van der Waals surface area contributed by atoms with Crippen molar-refractivity contribution in [3.8, 4) is 0 Å². The number of likely N-dealkylation sites (tertiary alicyclic amines) is 1. The van der Waals surface area contributed by atoms with Crippen molar-refractivity contribution in [1.29, 1.82) is 0 Å². The quantitative estimate of drug-likeness (QED) is 0.755. The summed E-state index contributed by atoms with van der Waals surface area (Å²) in [4.78, 5) is 37.4. The maximum Gasteiger partial charge on any atom is 0.329 e. The van der Waals surface area contributed by atoms with Crippen LogP contribution in [-0.2, 0) is 20.7 Å². The van der Waals surface area contributed by atoms with Crippen molar-refractivity contribution in [2.45, 2.75) is 38.1 Å². The molecule has 1 fully saturated rings. The number of nitrogens with one attached hydrogen (secondary N) is 1. The van der Waals surface area contributed by atoms with E-state index in [1.54, 1.807) is 4.90 Å². The summed E-state index contributed by atoms with van der Waals surface area (Å²) in [5, 5.41) is 2.38. The second-order valence-corrected chi connectivity index (χ2v) is 6.15. The van der Waals surface area contributed by atoms with Crippen molar-refractivity contribution in [3.63, 3.8) is 0 Å². The Morgan fingerprint density at radius 3 is 2.32 bits per heavy atom. The third-order valence-electron chi connectivity index (χ3n) is 4.18. The summed E-state index contributed by atoms with van der Waals surface area (Å²) in [6.07, 6.45) is 4.43. The molecule has 2 rings (SSSR count). The second-order valence-electron chi connectivity index (χ2n) is 6.15. The van der Waals surface area contributed by atoms with Crippen molar-refractivity contribution in [3.05, 3.63) is 35.9 Å². The zero-order valence-electron chi connectivity index (χ0n) is 14.3. The highest BCUT2D eigenvalue weighted by atomic mass is 16.5. The van der Waals surface area contributed by atoms with Gasteiger partial charge in [-0.25, -0.2) is 9.59 Å². The van der Waals surface area contributed by atoms with Gasteiger partial charge in [0, 0.05) is 19.5 Å². The number of urea groups is 1. The van der Waals surface area contributed by atoms with Crippen LogP contribution in [0.15, 0.2) is 30.3 Å². The molecule has 0 radical (unpaired) electrons. The molecule has 1 aliphatic rings. The van der Waals surface area contributed by atoms with E-state index < -0.39 is 18.0 Å². The minimum Gasteiger partial charge on any atom is -0.454 e. The lowest BCUT2D eigenvalue weighted by atomic mass is 10.1. The highest BCUT2D eigenvalue weighted by Crippen LogP contribution is 2.10. The molecule has 1 aromatic carbocycles. The van der Waals surface area contributed by atoms with E-state index in [1.807, 2.05) is 30.3 Å². The average Bonchev–Trinajstić information content (AvgIpc) is 2.89. The number of primary amides is 1. The molecule has 25 heavy (non-hydrogen) atoms. The maximum atomic E-state index is 12.3. The van der Waals surface area contributed by atoms with Gasteiger partial charge in [-0.05, 0) is 18.4 Å². The maximum absolute atomic E-state index is 12.3. The van der Waals surface area contributed by atoms with Crippen LogP contribution < -0.4 is 11.1 Å². The molecule has 3 amide bonds. The summed E-state index contributed by atoms with van der Waals surface area (Å²) in [7, 11) is 0. The molecule has 1 heterocycles. The Labute approximate surface area is 147 Å². The van der Waals surface area contributed by atoms with E-state index in [2.05, 4.69) is 5.32 Å². The van der Waals surface area contributed by atoms with Gasteiger partial charge in [-0.2, -0.15) is 0 Å². The number of carbonyl (C=O) groups excluding carboxylic acids is 3. The van der Waals surface area contributed by atoms with Crippen molar-refractivity contribution < 1.29 is 19.1 Å². The summed E-state index contributed by atoms with van der Waals surface area (Å²) in [6.45, 7) is 1.08. The number of hydrogen-bond acceptors (Lipinski definition) is 4. The number of benzene rings is 1. The average molecular weight is 347 g/mol. The van der Waals surface area contributed by atoms with Gasteiger partial charge in [-0.3, -0.25) is 4.79 Å². The Bertz CT molecular complexity index is 583. The normalized spacial score (nSPS) is 15.8. The third kappa shape index (κ3) is 6.45. The molecule has 1 aromatic rings. The first kappa shape index (κ1) is 18.8. The Morgan fingerprint density at radius 2 is 1.72 bits per heavy atom. The fourth-order valence-corrected chi connectivity index (χ4v) is 2.86. The van der Waals surface area contributed by atoms with Crippen LogP contribution >= 0.6 is 0 Å². The number of nitrogens with zero attached hydrogens (tertiary/aromatic N) is 1. The van der Waals surface area contributed by atoms with E-state index in [4.69, 9.17) is 10.5 Å². The largest absolute Gasteiger partial charge is 0.454 e. The number of ether oxygens (including phenoxy) is 1. The zero-order valence-corrected chi connectivity index (χ0v) is 14.3. The van der Waals surface area contributed by atoms with E-state index in [0.717, 1.165) is 31.2 Å². The number of hydrogen-bond donors (Lipinski definition) is 2. The molecule has 1 saturated heterocycles. The first-order valence-corrected chi connectivity index (χ1v) is 8.60. The van der Waals surface area contributed by atoms with Crippen molar-refractivity contribution in [2.75, 3.05) is 19.7 Å². The summed E-state index contributed by atoms with van der Waals surface area (Å²) in [5.74, 6) is -0.862. The van der Waals surface area contributed by atoms with Gasteiger partial charge in [0.05, 0.1) is 0 Å². The van der Waals surface area contributed by atoms with Crippen LogP contribution in [-0.4, -0.2) is 48.5 Å². The fraction of sp³-hybridized carbons (Fsp3) is 0.500. The number of nitrogens with two attached hydrogens (primary N) is 1. The summed E-state index contributed by atoms with van der Waals surface area (Å²) >= 11 is 0. The lowest BCUT2D eigenvalue weighted by Gasteiger charge is -2.21. The molecule has 7 nitrogen and oxygen atoms in total. The van der Waals surface area contributed by atoms with Crippen LogP contribution in [0, 0.1) is 0 Å².